The monoisotopic (exact) mass is 1140 g/mol. The van der Waals surface area contributed by atoms with Crippen LogP contribution in [-0.2, 0) is 0 Å². The topological polar surface area (TPSA) is 85.2 Å². The molecule has 89 heavy (non-hydrogen) atoms. The quantitative estimate of drug-likeness (QED) is 0.129. The summed E-state index contributed by atoms with van der Waals surface area (Å²) in [6.45, 7) is 2.26. The first-order valence-corrected chi connectivity index (χ1v) is 29.9. The molecule has 0 aliphatic rings. The van der Waals surface area contributed by atoms with Gasteiger partial charge in [0, 0.05) is 96.4 Å². The standard InChI is InChI=1S/C82H53N7/c1-53-77(88-78-44-59(64-29-38-73(84-49-64)55-16-6-2-7-17-55)25-33-69(78)70-34-26-60(45-79(70)88)65-30-39-74(85-50-65)56-18-8-3-9-19-56)42-37-68(63-24-14-15-54(43-63)48-83)82(53)89-80-46-61(66-31-40-75(86-51-66)57-20-10-4-11-21-57)27-35-71(80)72-36-28-62(47-81(72)89)67-32-41-76(87-52-67)58-22-12-5-13-23-58/h2-47,49-52H,1H3. The number of benzene rings is 10. The van der Waals surface area contributed by atoms with E-state index in [2.05, 4.69) is 210 Å². The van der Waals surface area contributed by atoms with Crippen molar-refractivity contribution >= 4 is 43.6 Å². The summed E-state index contributed by atoms with van der Waals surface area (Å²) in [7, 11) is 0. The van der Waals surface area contributed by atoms with E-state index in [0.717, 1.165) is 161 Å². The highest BCUT2D eigenvalue weighted by Crippen LogP contribution is 2.45. The Bertz CT molecular complexity index is 5100. The van der Waals surface area contributed by atoms with Crippen LogP contribution in [0.3, 0.4) is 0 Å². The summed E-state index contributed by atoms with van der Waals surface area (Å²) in [5.74, 6) is 0. The smallest absolute Gasteiger partial charge is 0.0991 e. The molecule has 0 unspecified atom stereocenters. The summed E-state index contributed by atoms with van der Waals surface area (Å²) in [6.07, 6.45) is 7.94. The van der Waals surface area contributed by atoms with Gasteiger partial charge in [0.1, 0.15) is 0 Å². The van der Waals surface area contributed by atoms with E-state index in [0.29, 0.717) is 5.56 Å². The molecule has 0 spiro atoms. The number of nitrogens with zero attached hydrogens (tertiary/aromatic N) is 7. The number of hydrogen-bond acceptors (Lipinski definition) is 5. The molecule has 0 radical (unpaired) electrons. The molecule has 0 saturated carbocycles. The van der Waals surface area contributed by atoms with E-state index in [1.54, 1.807) is 0 Å². The summed E-state index contributed by atoms with van der Waals surface area (Å²) < 4.78 is 4.92. The highest BCUT2D eigenvalue weighted by Gasteiger charge is 2.25. The highest BCUT2D eigenvalue weighted by molar-refractivity contribution is 6.13. The predicted molar refractivity (Wildman–Crippen MR) is 365 cm³/mol. The van der Waals surface area contributed by atoms with Gasteiger partial charge in [-0.3, -0.25) is 19.9 Å². The Morgan fingerprint density at radius 3 is 0.933 bits per heavy atom. The van der Waals surface area contributed by atoms with Gasteiger partial charge in [0.15, 0.2) is 0 Å². The van der Waals surface area contributed by atoms with Crippen LogP contribution in [0.4, 0.5) is 0 Å². The Labute approximate surface area is 515 Å². The SMILES string of the molecule is Cc1c(-n2c3cc(-c4ccc(-c5ccccc5)nc4)ccc3c3ccc(-c4ccc(-c5ccccc5)nc4)cc32)ccc(-c2cccc(C#N)c2)c1-n1c2cc(-c3ccc(-c4ccccc4)nc3)ccc2c2ccc(-c3ccc(-c4ccccc4)nc3)cc21. The van der Waals surface area contributed by atoms with E-state index in [-0.39, 0.29) is 0 Å². The van der Waals surface area contributed by atoms with Crippen molar-refractivity contribution in [3.63, 3.8) is 0 Å². The molecule has 7 nitrogen and oxygen atoms in total. The van der Waals surface area contributed by atoms with E-state index in [9.17, 15) is 5.26 Å². The van der Waals surface area contributed by atoms with Crippen molar-refractivity contribution in [3.8, 4) is 118 Å². The molecule has 0 fully saturated rings. The second-order valence-corrected chi connectivity index (χ2v) is 22.6. The fourth-order valence-electron chi connectivity index (χ4n) is 12.8. The van der Waals surface area contributed by atoms with Crippen LogP contribution in [0.15, 0.2) is 304 Å². The van der Waals surface area contributed by atoms with Gasteiger partial charge in [-0.15, -0.1) is 0 Å². The van der Waals surface area contributed by atoms with E-state index in [1.807, 2.05) is 116 Å². The molecule has 6 heterocycles. The van der Waals surface area contributed by atoms with Crippen molar-refractivity contribution in [2.45, 2.75) is 6.92 Å². The van der Waals surface area contributed by atoms with Crippen molar-refractivity contribution in [1.82, 2.24) is 29.1 Å². The summed E-state index contributed by atoms with van der Waals surface area (Å²) >= 11 is 0. The zero-order chi connectivity index (χ0) is 59.4. The van der Waals surface area contributed by atoms with Gasteiger partial charge in [-0.25, -0.2) is 0 Å². The number of rotatable bonds is 11. The van der Waals surface area contributed by atoms with Crippen LogP contribution in [-0.4, -0.2) is 29.1 Å². The molecule has 6 aromatic heterocycles. The number of hydrogen-bond donors (Lipinski definition) is 0. The molecule has 416 valence electrons. The number of nitriles is 1. The van der Waals surface area contributed by atoms with E-state index >= 15 is 0 Å². The Morgan fingerprint density at radius 2 is 0.607 bits per heavy atom. The fourth-order valence-corrected chi connectivity index (χ4v) is 12.8. The second kappa shape index (κ2) is 22.1. The zero-order valence-electron chi connectivity index (χ0n) is 48.5. The maximum absolute atomic E-state index is 10.5. The largest absolute Gasteiger partial charge is 0.309 e. The van der Waals surface area contributed by atoms with Gasteiger partial charge < -0.3 is 9.13 Å². The van der Waals surface area contributed by atoms with Gasteiger partial charge in [-0.05, 0) is 107 Å². The number of aromatic nitrogens is 6. The van der Waals surface area contributed by atoms with Gasteiger partial charge >= 0.3 is 0 Å². The molecule has 10 aromatic carbocycles. The van der Waals surface area contributed by atoms with Gasteiger partial charge in [-0.1, -0.05) is 212 Å². The summed E-state index contributed by atoms with van der Waals surface area (Å²) in [5.41, 5.74) is 25.9. The highest BCUT2D eigenvalue weighted by atomic mass is 15.0. The van der Waals surface area contributed by atoms with Crippen molar-refractivity contribution in [3.05, 3.63) is 315 Å². The molecule has 0 bridgehead atoms. The molecule has 16 rings (SSSR count). The summed E-state index contributed by atoms with van der Waals surface area (Å²) in [4.78, 5) is 20.0. The van der Waals surface area contributed by atoms with Crippen LogP contribution in [0.2, 0.25) is 0 Å². The summed E-state index contributed by atoms with van der Waals surface area (Å²) in [5, 5.41) is 14.9. The molecule has 16 aromatic rings. The van der Waals surface area contributed by atoms with Crippen molar-refractivity contribution < 1.29 is 0 Å². The molecule has 0 amide bonds. The van der Waals surface area contributed by atoms with Crippen LogP contribution in [0.1, 0.15) is 11.1 Å². The lowest BCUT2D eigenvalue weighted by atomic mass is 9.97. The van der Waals surface area contributed by atoms with Crippen LogP contribution in [0.5, 0.6) is 0 Å². The molecular formula is C82H53N7. The summed E-state index contributed by atoms with van der Waals surface area (Å²) in [6, 6.07) is 101. The first kappa shape index (κ1) is 52.4. The second-order valence-electron chi connectivity index (χ2n) is 22.6. The van der Waals surface area contributed by atoms with Crippen molar-refractivity contribution in [1.29, 1.82) is 5.26 Å². The average molecular weight is 1140 g/mol. The normalized spacial score (nSPS) is 11.4. The molecule has 0 aliphatic carbocycles. The van der Waals surface area contributed by atoms with Crippen LogP contribution >= 0.6 is 0 Å². The zero-order valence-corrected chi connectivity index (χ0v) is 48.5. The Hall–Kier alpha value is -12.1. The lowest BCUT2D eigenvalue weighted by Gasteiger charge is -2.22. The lowest BCUT2D eigenvalue weighted by Crippen LogP contribution is -2.06. The van der Waals surface area contributed by atoms with E-state index < -0.39 is 0 Å². The Kier molecular flexibility index (Phi) is 13.0. The van der Waals surface area contributed by atoms with Gasteiger partial charge in [0.2, 0.25) is 0 Å². The molecule has 0 aliphatic heterocycles. The minimum atomic E-state index is 0.583. The molecular weight excluding hydrogens is 1080 g/mol. The number of pyridine rings is 4. The van der Waals surface area contributed by atoms with Crippen molar-refractivity contribution in [2.24, 2.45) is 0 Å². The average Bonchev–Trinajstić information content (AvgIpc) is 1.62. The maximum Gasteiger partial charge on any atom is 0.0991 e. The first-order valence-electron chi connectivity index (χ1n) is 29.9. The molecule has 0 atom stereocenters. The Morgan fingerprint density at radius 1 is 0.281 bits per heavy atom. The minimum Gasteiger partial charge on any atom is -0.309 e. The van der Waals surface area contributed by atoms with Gasteiger partial charge in [-0.2, -0.15) is 5.26 Å². The maximum atomic E-state index is 10.5. The minimum absolute atomic E-state index is 0.583. The van der Waals surface area contributed by atoms with Crippen molar-refractivity contribution in [2.75, 3.05) is 0 Å². The third-order valence-corrected chi connectivity index (χ3v) is 17.4. The fraction of sp³-hybridized carbons (Fsp3) is 0.0122. The van der Waals surface area contributed by atoms with Crippen LogP contribution in [0.25, 0.3) is 156 Å². The number of fused-ring (bicyclic) bond motifs is 6. The van der Waals surface area contributed by atoms with Crippen LogP contribution < -0.4 is 0 Å². The predicted octanol–water partition coefficient (Wildman–Crippen LogP) is 20.6. The van der Waals surface area contributed by atoms with E-state index in [1.165, 1.54) is 0 Å². The Balaban J connectivity index is 0.951. The molecule has 7 heteroatoms. The van der Waals surface area contributed by atoms with Gasteiger partial charge in [0.05, 0.1) is 67.8 Å². The third-order valence-electron chi connectivity index (χ3n) is 17.4. The lowest BCUT2D eigenvalue weighted by molar-refractivity contribution is 1.10. The van der Waals surface area contributed by atoms with Gasteiger partial charge in [0.25, 0.3) is 0 Å². The third kappa shape index (κ3) is 9.50. The van der Waals surface area contributed by atoms with E-state index in [4.69, 9.17) is 19.9 Å². The molecule has 0 N–H and O–H groups in total. The molecule has 0 saturated heterocycles. The van der Waals surface area contributed by atoms with Crippen LogP contribution in [0, 0.1) is 18.3 Å². The first-order chi connectivity index (χ1) is 44.0.